The van der Waals surface area contributed by atoms with Crippen molar-refractivity contribution in [2.45, 2.75) is 59.9 Å². The second-order valence-electron chi connectivity index (χ2n) is 6.85. The van der Waals surface area contributed by atoms with Crippen LogP contribution in [0.3, 0.4) is 0 Å². The molecule has 1 rings (SSSR count). The summed E-state index contributed by atoms with van der Waals surface area (Å²) < 4.78 is 0. The molecule has 19 heavy (non-hydrogen) atoms. The van der Waals surface area contributed by atoms with Gasteiger partial charge in [-0.25, -0.2) is 0 Å². The number of rotatable bonds is 7. The van der Waals surface area contributed by atoms with Crippen LogP contribution in [-0.4, -0.2) is 23.0 Å². The van der Waals surface area contributed by atoms with Crippen molar-refractivity contribution in [3.63, 3.8) is 0 Å². The van der Waals surface area contributed by atoms with E-state index in [9.17, 15) is 9.59 Å². The van der Waals surface area contributed by atoms with E-state index >= 15 is 0 Å². The standard InChI is InChI=1S/C15H27NO3/c1-9(2)7-6-8-10(3)16-13(17)11-12(14(18)19)15(11,4)5/h9-12H,6-8H2,1-5H3,(H,16,17)(H,18,19)/t10?,11-,12+/m1/s1. The predicted octanol–water partition coefficient (Wildman–Crippen LogP) is 2.67. The number of carboxylic acid groups (broad SMARTS) is 1. The lowest BCUT2D eigenvalue weighted by atomic mass is 10.0. The molecule has 0 aromatic heterocycles. The van der Waals surface area contributed by atoms with E-state index in [4.69, 9.17) is 5.11 Å². The quantitative estimate of drug-likeness (QED) is 0.746. The molecule has 2 N–H and O–H groups in total. The molecule has 0 saturated heterocycles. The van der Waals surface area contributed by atoms with E-state index < -0.39 is 17.3 Å². The summed E-state index contributed by atoms with van der Waals surface area (Å²) in [5.41, 5.74) is -0.409. The third kappa shape index (κ3) is 3.95. The van der Waals surface area contributed by atoms with Crippen LogP contribution in [0.2, 0.25) is 0 Å². The van der Waals surface area contributed by atoms with Gasteiger partial charge in [-0.1, -0.05) is 40.5 Å². The predicted molar refractivity (Wildman–Crippen MR) is 74.7 cm³/mol. The van der Waals surface area contributed by atoms with Crippen LogP contribution in [-0.2, 0) is 9.59 Å². The van der Waals surface area contributed by atoms with Gasteiger partial charge in [-0.3, -0.25) is 9.59 Å². The molecular formula is C15H27NO3. The molecule has 1 saturated carbocycles. The maximum atomic E-state index is 12.1. The first-order valence-corrected chi connectivity index (χ1v) is 7.21. The average molecular weight is 269 g/mol. The minimum Gasteiger partial charge on any atom is -0.481 e. The molecule has 4 nitrogen and oxygen atoms in total. The molecular weight excluding hydrogens is 242 g/mol. The monoisotopic (exact) mass is 269 g/mol. The molecule has 110 valence electrons. The highest BCUT2D eigenvalue weighted by molar-refractivity contribution is 5.91. The van der Waals surface area contributed by atoms with E-state index in [2.05, 4.69) is 19.2 Å². The zero-order valence-electron chi connectivity index (χ0n) is 12.7. The third-order valence-electron chi connectivity index (χ3n) is 4.18. The first-order chi connectivity index (χ1) is 8.67. The van der Waals surface area contributed by atoms with Gasteiger partial charge in [0.05, 0.1) is 11.8 Å². The van der Waals surface area contributed by atoms with Crippen LogP contribution in [0.1, 0.15) is 53.9 Å². The van der Waals surface area contributed by atoms with Crippen molar-refractivity contribution in [3.05, 3.63) is 0 Å². The summed E-state index contributed by atoms with van der Waals surface area (Å²) in [7, 11) is 0. The Balaban J connectivity index is 2.38. The number of aliphatic carboxylic acids is 1. The first-order valence-electron chi connectivity index (χ1n) is 7.21. The Morgan fingerprint density at radius 2 is 1.74 bits per heavy atom. The van der Waals surface area contributed by atoms with Crippen molar-refractivity contribution in [1.82, 2.24) is 5.32 Å². The first kappa shape index (κ1) is 16.0. The van der Waals surface area contributed by atoms with Crippen LogP contribution in [0.5, 0.6) is 0 Å². The highest BCUT2D eigenvalue weighted by Crippen LogP contribution is 2.58. The van der Waals surface area contributed by atoms with Gasteiger partial charge in [0.1, 0.15) is 0 Å². The van der Waals surface area contributed by atoms with Gasteiger partial charge in [0.25, 0.3) is 0 Å². The lowest BCUT2D eigenvalue weighted by Crippen LogP contribution is -2.35. The van der Waals surface area contributed by atoms with Crippen LogP contribution in [0.25, 0.3) is 0 Å². The van der Waals surface area contributed by atoms with Gasteiger partial charge >= 0.3 is 5.97 Å². The fourth-order valence-electron chi connectivity index (χ4n) is 2.83. The van der Waals surface area contributed by atoms with E-state index in [0.29, 0.717) is 5.92 Å². The lowest BCUT2D eigenvalue weighted by molar-refractivity contribution is -0.140. The summed E-state index contributed by atoms with van der Waals surface area (Å²) in [6.07, 6.45) is 3.21. The third-order valence-corrected chi connectivity index (χ3v) is 4.18. The summed E-state index contributed by atoms with van der Waals surface area (Å²) in [5.74, 6) is -1.19. The molecule has 0 bridgehead atoms. The topological polar surface area (TPSA) is 66.4 Å². The smallest absolute Gasteiger partial charge is 0.307 e. The molecule has 1 amide bonds. The molecule has 0 aromatic rings. The van der Waals surface area contributed by atoms with Gasteiger partial charge in [0.2, 0.25) is 5.91 Å². The summed E-state index contributed by atoms with van der Waals surface area (Å²) in [6.45, 7) is 10.1. The normalized spacial score (nSPS) is 26.0. The maximum Gasteiger partial charge on any atom is 0.307 e. The molecule has 0 heterocycles. The van der Waals surface area contributed by atoms with Gasteiger partial charge < -0.3 is 10.4 Å². The van der Waals surface area contributed by atoms with E-state index in [1.54, 1.807) is 0 Å². The van der Waals surface area contributed by atoms with E-state index in [0.717, 1.165) is 19.3 Å². The van der Waals surface area contributed by atoms with Crippen molar-refractivity contribution in [3.8, 4) is 0 Å². The lowest BCUT2D eigenvalue weighted by Gasteiger charge is -2.15. The van der Waals surface area contributed by atoms with Crippen molar-refractivity contribution >= 4 is 11.9 Å². The van der Waals surface area contributed by atoms with E-state index in [-0.39, 0.29) is 17.9 Å². The molecule has 0 aliphatic heterocycles. The second-order valence-corrected chi connectivity index (χ2v) is 6.85. The van der Waals surface area contributed by atoms with E-state index in [1.165, 1.54) is 0 Å². The largest absolute Gasteiger partial charge is 0.481 e. The Labute approximate surface area is 116 Å². The number of hydrogen-bond acceptors (Lipinski definition) is 2. The van der Waals surface area contributed by atoms with Crippen LogP contribution >= 0.6 is 0 Å². The Morgan fingerprint density at radius 3 is 2.16 bits per heavy atom. The molecule has 3 atom stereocenters. The fraction of sp³-hybridized carbons (Fsp3) is 0.867. The molecule has 1 fully saturated rings. The Morgan fingerprint density at radius 1 is 1.16 bits per heavy atom. The second kappa shape index (κ2) is 5.93. The highest BCUT2D eigenvalue weighted by atomic mass is 16.4. The molecule has 0 aromatic carbocycles. The van der Waals surface area contributed by atoms with Gasteiger partial charge in [0.15, 0.2) is 0 Å². The summed E-state index contributed by atoms with van der Waals surface area (Å²) in [6, 6.07) is 0.122. The molecule has 0 spiro atoms. The number of nitrogens with one attached hydrogen (secondary N) is 1. The minimum atomic E-state index is -0.863. The van der Waals surface area contributed by atoms with Crippen molar-refractivity contribution in [2.24, 2.45) is 23.2 Å². The van der Waals surface area contributed by atoms with Crippen molar-refractivity contribution < 1.29 is 14.7 Å². The number of carbonyl (C=O) groups excluding carboxylic acids is 1. The minimum absolute atomic E-state index is 0.102. The van der Waals surface area contributed by atoms with Gasteiger partial charge in [0, 0.05) is 6.04 Å². The van der Waals surface area contributed by atoms with Crippen molar-refractivity contribution in [1.29, 1.82) is 0 Å². The number of hydrogen-bond donors (Lipinski definition) is 2. The SMILES string of the molecule is CC(C)CCCC(C)NC(=O)[C@H]1[C@@H](C(=O)O)C1(C)C. The van der Waals surface area contributed by atoms with Crippen LogP contribution in [0.4, 0.5) is 0 Å². The Kier molecular flexibility index (Phi) is 4.99. The Bertz CT molecular complexity index is 349. The van der Waals surface area contributed by atoms with Crippen LogP contribution in [0.15, 0.2) is 0 Å². The summed E-state index contributed by atoms with van der Waals surface area (Å²) in [4.78, 5) is 23.1. The highest BCUT2D eigenvalue weighted by Gasteiger charge is 2.65. The van der Waals surface area contributed by atoms with Gasteiger partial charge in [-0.15, -0.1) is 0 Å². The molecule has 0 radical (unpaired) electrons. The Hall–Kier alpha value is -1.06. The number of carbonyl (C=O) groups is 2. The molecule has 1 aliphatic carbocycles. The van der Waals surface area contributed by atoms with Crippen LogP contribution in [0, 0.1) is 23.2 Å². The van der Waals surface area contributed by atoms with Gasteiger partial charge in [-0.05, 0) is 24.7 Å². The zero-order chi connectivity index (χ0) is 14.8. The molecule has 4 heteroatoms. The number of carboxylic acids is 1. The zero-order valence-corrected chi connectivity index (χ0v) is 12.7. The average Bonchev–Trinajstić information content (AvgIpc) is 2.81. The van der Waals surface area contributed by atoms with Crippen molar-refractivity contribution in [2.75, 3.05) is 0 Å². The fourth-order valence-corrected chi connectivity index (χ4v) is 2.83. The number of amides is 1. The summed E-state index contributed by atoms with van der Waals surface area (Å²) in [5, 5.41) is 12.0. The maximum absolute atomic E-state index is 12.1. The van der Waals surface area contributed by atoms with Crippen LogP contribution < -0.4 is 5.32 Å². The van der Waals surface area contributed by atoms with Gasteiger partial charge in [-0.2, -0.15) is 0 Å². The molecule has 1 aliphatic rings. The molecule has 1 unspecified atom stereocenters. The van der Waals surface area contributed by atoms with E-state index in [1.807, 2.05) is 20.8 Å². The summed E-state index contributed by atoms with van der Waals surface area (Å²) >= 11 is 0.